The van der Waals surface area contributed by atoms with Crippen molar-refractivity contribution in [3.05, 3.63) is 56.5 Å². The number of alkyl halides is 3. The Hall–Kier alpha value is -2.28. The molecule has 1 unspecified atom stereocenters. The number of fused-ring (bicyclic) bond motifs is 1. The van der Waals surface area contributed by atoms with Crippen LogP contribution in [0.15, 0.2) is 29.1 Å². The Morgan fingerprint density at radius 2 is 1.97 bits per heavy atom. The molecule has 0 aliphatic heterocycles. The number of hydrogen-bond acceptors (Lipinski definition) is 2. The highest BCUT2D eigenvalue weighted by atomic mass is 35.5. The summed E-state index contributed by atoms with van der Waals surface area (Å²) in [5.74, 6) is 0.500. The number of aryl methyl sites for hydroxylation is 1. The third-order valence-corrected chi connectivity index (χ3v) is 5.93. The molecule has 4 nitrogen and oxygen atoms in total. The maximum atomic E-state index is 13.5. The molecular weight excluding hydrogens is 403 g/mol. The summed E-state index contributed by atoms with van der Waals surface area (Å²) in [5, 5.41) is 4.59. The molecule has 1 fully saturated rings. The normalized spacial score (nSPS) is 15.8. The minimum atomic E-state index is -4.49. The van der Waals surface area contributed by atoms with Gasteiger partial charge in [0.2, 0.25) is 0 Å². The lowest BCUT2D eigenvalue weighted by Crippen LogP contribution is -2.26. The van der Waals surface area contributed by atoms with E-state index in [0.717, 1.165) is 42.7 Å². The lowest BCUT2D eigenvalue weighted by atomic mass is 10.00. The van der Waals surface area contributed by atoms with Crippen LogP contribution in [0.3, 0.4) is 0 Å². The van der Waals surface area contributed by atoms with Crippen molar-refractivity contribution in [1.82, 2.24) is 14.2 Å². The van der Waals surface area contributed by atoms with Crippen LogP contribution in [0.2, 0.25) is 5.02 Å². The van der Waals surface area contributed by atoms with Crippen LogP contribution in [0.4, 0.5) is 13.2 Å². The Kier molecular flexibility index (Phi) is 4.76. The Morgan fingerprint density at radius 3 is 2.52 bits per heavy atom. The van der Waals surface area contributed by atoms with E-state index in [2.05, 4.69) is 18.9 Å². The van der Waals surface area contributed by atoms with Gasteiger partial charge in [-0.2, -0.15) is 13.2 Å². The van der Waals surface area contributed by atoms with Gasteiger partial charge in [-0.05, 0) is 61.9 Å². The molecule has 0 saturated heterocycles. The Bertz CT molecular complexity index is 1160. The fourth-order valence-electron chi connectivity index (χ4n) is 3.67. The fourth-order valence-corrected chi connectivity index (χ4v) is 3.94. The predicted octanol–water partition coefficient (Wildman–Crippen LogP) is 5.99. The zero-order valence-electron chi connectivity index (χ0n) is 16.3. The molecule has 2 heterocycles. The first-order chi connectivity index (χ1) is 13.6. The lowest BCUT2D eigenvalue weighted by molar-refractivity contribution is -0.137. The quantitative estimate of drug-likeness (QED) is 0.517. The molecule has 0 N–H and O–H groups in total. The third-order valence-electron chi connectivity index (χ3n) is 5.62. The van der Waals surface area contributed by atoms with E-state index in [1.165, 1.54) is 6.07 Å². The van der Waals surface area contributed by atoms with E-state index in [-0.39, 0.29) is 22.5 Å². The number of aromatic nitrogens is 3. The summed E-state index contributed by atoms with van der Waals surface area (Å²) in [5.41, 5.74) is 1.61. The molecule has 3 aromatic rings. The van der Waals surface area contributed by atoms with E-state index in [9.17, 15) is 18.0 Å². The second-order valence-electron chi connectivity index (χ2n) is 7.73. The van der Waals surface area contributed by atoms with Gasteiger partial charge >= 0.3 is 6.18 Å². The van der Waals surface area contributed by atoms with Gasteiger partial charge in [-0.1, -0.05) is 25.4 Å². The Morgan fingerprint density at radius 1 is 1.28 bits per heavy atom. The van der Waals surface area contributed by atoms with Crippen molar-refractivity contribution in [2.75, 3.05) is 0 Å². The first kappa shape index (κ1) is 20.0. The van der Waals surface area contributed by atoms with E-state index in [0.29, 0.717) is 16.9 Å². The van der Waals surface area contributed by atoms with Crippen molar-refractivity contribution in [3.8, 4) is 11.4 Å². The van der Waals surface area contributed by atoms with Crippen LogP contribution in [0, 0.1) is 6.92 Å². The summed E-state index contributed by atoms with van der Waals surface area (Å²) >= 11 is 6.22. The molecule has 0 spiro atoms. The predicted molar refractivity (Wildman–Crippen MR) is 107 cm³/mol. The van der Waals surface area contributed by atoms with Crippen molar-refractivity contribution < 1.29 is 13.2 Å². The van der Waals surface area contributed by atoms with Gasteiger partial charge in [0.15, 0.2) is 5.82 Å². The number of rotatable bonds is 4. The van der Waals surface area contributed by atoms with Crippen LogP contribution in [-0.2, 0) is 6.18 Å². The smallest absolute Gasteiger partial charge is 0.286 e. The second kappa shape index (κ2) is 6.90. The zero-order chi connectivity index (χ0) is 21.1. The van der Waals surface area contributed by atoms with Gasteiger partial charge in [0.05, 0.1) is 10.6 Å². The molecule has 0 radical (unpaired) electrons. The van der Waals surface area contributed by atoms with Crippen molar-refractivity contribution in [3.63, 3.8) is 0 Å². The Labute approximate surface area is 170 Å². The van der Waals surface area contributed by atoms with Gasteiger partial charge < -0.3 is 0 Å². The summed E-state index contributed by atoms with van der Waals surface area (Å²) in [4.78, 5) is 13.5. The van der Waals surface area contributed by atoms with E-state index < -0.39 is 11.7 Å². The van der Waals surface area contributed by atoms with E-state index in [1.54, 1.807) is 9.08 Å². The topological polar surface area (TPSA) is 39.3 Å². The van der Waals surface area contributed by atoms with E-state index >= 15 is 0 Å². The lowest BCUT2D eigenvalue weighted by Gasteiger charge is -2.16. The molecule has 29 heavy (non-hydrogen) atoms. The minimum absolute atomic E-state index is 0.00616. The van der Waals surface area contributed by atoms with Crippen LogP contribution in [0.1, 0.15) is 61.9 Å². The average molecular weight is 424 g/mol. The van der Waals surface area contributed by atoms with Crippen molar-refractivity contribution in [2.24, 2.45) is 0 Å². The standard InChI is InChI=1S/C21H21ClF3N3O/c1-4-11(2)16-9-12(3)28-18(16)20(29)27(14-6-7-14)19(26-28)15-8-5-13(10-17(15)22)21(23,24)25/h5,8-11,14H,4,6-7H2,1-3H3. The number of halogens is 4. The number of nitrogens with zero attached hydrogens (tertiary/aromatic N) is 3. The highest BCUT2D eigenvalue weighted by Crippen LogP contribution is 2.40. The first-order valence-electron chi connectivity index (χ1n) is 9.65. The molecule has 2 aromatic heterocycles. The van der Waals surface area contributed by atoms with Gasteiger partial charge in [-0.3, -0.25) is 9.36 Å². The van der Waals surface area contributed by atoms with Crippen LogP contribution < -0.4 is 5.56 Å². The fraction of sp³-hybridized carbons (Fsp3) is 0.429. The highest BCUT2D eigenvalue weighted by Gasteiger charge is 2.33. The van der Waals surface area contributed by atoms with E-state index in [1.807, 2.05) is 13.0 Å². The SMILES string of the molecule is CCC(C)c1cc(C)n2nc(-c3ccc(C(F)(F)F)cc3Cl)n(C3CC3)c(=O)c12. The molecular formula is C21H21ClF3N3O. The second-order valence-corrected chi connectivity index (χ2v) is 8.14. The monoisotopic (exact) mass is 423 g/mol. The van der Waals surface area contributed by atoms with Gasteiger partial charge in [-0.15, -0.1) is 5.10 Å². The number of hydrogen-bond donors (Lipinski definition) is 0. The van der Waals surface area contributed by atoms with Crippen LogP contribution >= 0.6 is 11.6 Å². The van der Waals surface area contributed by atoms with E-state index in [4.69, 9.17) is 11.6 Å². The minimum Gasteiger partial charge on any atom is -0.286 e. The van der Waals surface area contributed by atoms with Gasteiger partial charge in [0.25, 0.3) is 5.56 Å². The van der Waals surface area contributed by atoms with Crippen molar-refractivity contribution in [1.29, 1.82) is 0 Å². The molecule has 1 aromatic carbocycles. The highest BCUT2D eigenvalue weighted by molar-refractivity contribution is 6.33. The van der Waals surface area contributed by atoms with Gasteiger partial charge in [-0.25, -0.2) is 4.52 Å². The zero-order valence-corrected chi connectivity index (χ0v) is 17.1. The molecule has 154 valence electrons. The average Bonchev–Trinajstić information content (AvgIpc) is 3.43. The largest absolute Gasteiger partial charge is 0.416 e. The van der Waals surface area contributed by atoms with Gasteiger partial charge in [0, 0.05) is 17.3 Å². The number of benzene rings is 1. The molecule has 1 aliphatic carbocycles. The summed E-state index contributed by atoms with van der Waals surface area (Å²) in [6, 6.07) is 5.12. The summed E-state index contributed by atoms with van der Waals surface area (Å²) in [6.07, 6.45) is -1.94. The molecule has 1 aliphatic rings. The maximum absolute atomic E-state index is 13.5. The molecule has 1 saturated carbocycles. The summed E-state index contributed by atoms with van der Waals surface area (Å²) < 4.78 is 42.3. The van der Waals surface area contributed by atoms with Crippen LogP contribution in [0.25, 0.3) is 16.9 Å². The molecule has 0 bridgehead atoms. The molecule has 1 atom stereocenters. The van der Waals surface area contributed by atoms with Gasteiger partial charge in [0.1, 0.15) is 5.52 Å². The van der Waals surface area contributed by atoms with Crippen LogP contribution in [0.5, 0.6) is 0 Å². The molecule has 0 amide bonds. The van der Waals surface area contributed by atoms with Crippen LogP contribution in [-0.4, -0.2) is 14.2 Å². The molecule has 8 heteroatoms. The third kappa shape index (κ3) is 3.35. The Balaban J connectivity index is 2.00. The van der Waals surface area contributed by atoms with Crippen molar-refractivity contribution in [2.45, 2.75) is 58.2 Å². The first-order valence-corrected chi connectivity index (χ1v) is 10.0. The summed E-state index contributed by atoms with van der Waals surface area (Å²) in [7, 11) is 0. The maximum Gasteiger partial charge on any atom is 0.416 e. The molecule has 4 rings (SSSR count). The summed E-state index contributed by atoms with van der Waals surface area (Å²) in [6.45, 7) is 5.99. The van der Waals surface area contributed by atoms with Crippen molar-refractivity contribution >= 4 is 17.1 Å².